The maximum absolute atomic E-state index is 12.3. The van der Waals surface area contributed by atoms with Gasteiger partial charge in [0.15, 0.2) is 0 Å². The first-order valence-corrected chi connectivity index (χ1v) is 8.42. The summed E-state index contributed by atoms with van der Waals surface area (Å²) in [5.74, 6) is 0.161. The summed E-state index contributed by atoms with van der Waals surface area (Å²) in [6.45, 7) is 3.46. The molecule has 0 saturated carbocycles. The summed E-state index contributed by atoms with van der Waals surface area (Å²) in [5, 5.41) is 3.68. The van der Waals surface area contributed by atoms with Crippen LogP contribution in [-0.2, 0) is 17.6 Å². The predicted octanol–water partition coefficient (Wildman–Crippen LogP) is 3.02. The molecule has 0 fully saturated rings. The van der Waals surface area contributed by atoms with Crippen LogP contribution in [0.15, 0.2) is 48.5 Å². The Hall–Kier alpha value is -2.13. The van der Waals surface area contributed by atoms with Crippen LogP contribution in [0.1, 0.15) is 41.3 Å². The van der Waals surface area contributed by atoms with E-state index < -0.39 is 0 Å². The van der Waals surface area contributed by atoms with Gasteiger partial charge in [-0.15, -0.1) is 0 Å². The van der Waals surface area contributed by atoms with Crippen molar-refractivity contribution in [2.45, 2.75) is 31.8 Å². The number of hydrogen-bond acceptors (Lipinski definition) is 2. The van der Waals surface area contributed by atoms with Gasteiger partial charge in [0.1, 0.15) is 0 Å². The summed E-state index contributed by atoms with van der Waals surface area (Å²) >= 11 is 0. The lowest BCUT2D eigenvalue weighted by Crippen LogP contribution is -2.46. The molecule has 2 aromatic carbocycles. The van der Waals surface area contributed by atoms with Crippen molar-refractivity contribution in [1.82, 2.24) is 10.2 Å². The summed E-state index contributed by atoms with van der Waals surface area (Å²) in [5.41, 5.74) is 5.41. The van der Waals surface area contributed by atoms with E-state index in [1.54, 1.807) is 6.92 Å². The molecular weight excluding hydrogens is 284 g/mol. The van der Waals surface area contributed by atoms with Crippen molar-refractivity contribution >= 4 is 5.91 Å². The van der Waals surface area contributed by atoms with Gasteiger partial charge in [-0.3, -0.25) is 4.79 Å². The molecule has 118 valence electrons. The summed E-state index contributed by atoms with van der Waals surface area (Å²) in [6.07, 6.45) is 2.00. The van der Waals surface area contributed by atoms with E-state index in [0.29, 0.717) is 0 Å². The molecule has 2 heterocycles. The monoisotopic (exact) mass is 306 g/mol. The fourth-order valence-electron chi connectivity index (χ4n) is 4.13. The van der Waals surface area contributed by atoms with Gasteiger partial charge in [0.05, 0.1) is 12.1 Å². The van der Waals surface area contributed by atoms with Gasteiger partial charge in [-0.2, -0.15) is 0 Å². The van der Waals surface area contributed by atoms with E-state index in [0.717, 1.165) is 25.9 Å². The van der Waals surface area contributed by atoms with E-state index in [2.05, 4.69) is 53.8 Å². The first kappa shape index (κ1) is 14.5. The molecule has 0 radical (unpaired) electrons. The lowest BCUT2D eigenvalue weighted by atomic mass is 9.82. The van der Waals surface area contributed by atoms with E-state index in [1.807, 2.05) is 4.90 Å². The summed E-state index contributed by atoms with van der Waals surface area (Å²) in [7, 11) is 0. The molecule has 0 bridgehead atoms. The second kappa shape index (κ2) is 5.82. The Bertz CT molecular complexity index is 740. The fraction of sp³-hybridized carbons (Fsp3) is 0.350. The average molecular weight is 306 g/mol. The topological polar surface area (TPSA) is 32.3 Å². The zero-order valence-corrected chi connectivity index (χ0v) is 13.5. The Kier molecular flexibility index (Phi) is 3.66. The number of nitrogens with zero attached hydrogens (tertiary/aromatic N) is 1. The summed E-state index contributed by atoms with van der Waals surface area (Å²) in [4.78, 5) is 14.3. The quantitative estimate of drug-likeness (QED) is 0.878. The van der Waals surface area contributed by atoms with Gasteiger partial charge in [-0.1, -0.05) is 48.5 Å². The summed E-state index contributed by atoms with van der Waals surface area (Å²) in [6, 6.07) is 17.5. The molecule has 2 aliphatic rings. The van der Waals surface area contributed by atoms with Crippen LogP contribution in [-0.4, -0.2) is 23.9 Å². The molecule has 0 saturated heterocycles. The lowest BCUT2D eigenvalue weighted by Gasteiger charge is -2.43. The van der Waals surface area contributed by atoms with E-state index >= 15 is 0 Å². The maximum Gasteiger partial charge on any atom is 0.220 e. The van der Waals surface area contributed by atoms with Gasteiger partial charge in [0.2, 0.25) is 5.91 Å². The average Bonchev–Trinajstić information content (AvgIpc) is 2.60. The Morgan fingerprint density at radius 3 is 2.39 bits per heavy atom. The normalized spacial score (nSPS) is 23.1. The number of carbonyl (C=O) groups excluding carboxylic acids is 1. The van der Waals surface area contributed by atoms with Crippen molar-refractivity contribution in [1.29, 1.82) is 0 Å². The van der Waals surface area contributed by atoms with Crippen molar-refractivity contribution < 1.29 is 4.79 Å². The standard InChI is InChI=1S/C20H22N2O/c1-14(23)22-13-11-16-7-3-5-9-18(16)20(22)19-17-8-4-2-6-15(17)10-12-21-19/h2-9,19-21H,10-13H2,1H3/t19-,20+/m1/s1. The van der Waals surface area contributed by atoms with Crippen molar-refractivity contribution in [3.63, 3.8) is 0 Å². The lowest BCUT2D eigenvalue weighted by molar-refractivity contribution is -0.132. The van der Waals surface area contributed by atoms with Crippen LogP contribution in [0.5, 0.6) is 0 Å². The Morgan fingerprint density at radius 2 is 1.65 bits per heavy atom. The zero-order chi connectivity index (χ0) is 15.8. The van der Waals surface area contributed by atoms with Crippen LogP contribution in [0.4, 0.5) is 0 Å². The van der Waals surface area contributed by atoms with Crippen LogP contribution in [0, 0.1) is 0 Å². The second-order valence-electron chi connectivity index (χ2n) is 6.49. The molecule has 3 nitrogen and oxygen atoms in total. The molecule has 4 rings (SSSR count). The fourth-order valence-corrected chi connectivity index (χ4v) is 4.13. The minimum atomic E-state index is 0.0823. The SMILES string of the molecule is CC(=O)N1CCc2ccccc2[C@H]1[C@@H]1NCCc2ccccc21. The second-order valence-corrected chi connectivity index (χ2v) is 6.49. The van der Waals surface area contributed by atoms with Gasteiger partial charge in [-0.05, 0) is 41.6 Å². The minimum absolute atomic E-state index is 0.0823. The molecular formula is C20H22N2O. The molecule has 0 spiro atoms. The van der Waals surface area contributed by atoms with Gasteiger partial charge in [0.25, 0.3) is 0 Å². The molecule has 2 aromatic rings. The third-order valence-electron chi connectivity index (χ3n) is 5.20. The van der Waals surface area contributed by atoms with Crippen LogP contribution < -0.4 is 5.32 Å². The zero-order valence-electron chi connectivity index (χ0n) is 13.5. The molecule has 23 heavy (non-hydrogen) atoms. The number of rotatable bonds is 1. The number of fused-ring (bicyclic) bond motifs is 2. The largest absolute Gasteiger partial charge is 0.334 e. The van der Waals surface area contributed by atoms with Crippen LogP contribution in [0.2, 0.25) is 0 Å². The third-order valence-corrected chi connectivity index (χ3v) is 5.20. The van der Waals surface area contributed by atoms with Crippen molar-refractivity contribution in [3.05, 3.63) is 70.8 Å². The molecule has 1 amide bonds. The summed E-state index contributed by atoms with van der Waals surface area (Å²) < 4.78 is 0. The molecule has 2 aliphatic heterocycles. The number of hydrogen-bond donors (Lipinski definition) is 1. The van der Waals surface area contributed by atoms with Gasteiger partial charge >= 0.3 is 0 Å². The Balaban J connectivity index is 1.83. The van der Waals surface area contributed by atoms with Gasteiger partial charge in [-0.25, -0.2) is 0 Å². The molecule has 1 N–H and O–H groups in total. The first-order valence-electron chi connectivity index (χ1n) is 8.42. The highest BCUT2D eigenvalue weighted by atomic mass is 16.2. The van der Waals surface area contributed by atoms with Crippen LogP contribution in [0.25, 0.3) is 0 Å². The third kappa shape index (κ3) is 2.45. The molecule has 2 atom stereocenters. The number of carbonyl (C=O) groups is 1. The predicted molar refractivity (Wildman–Crippen MR) is 91.2 cm³/mol. The van der Waals surface area contributed by atoms with Crippen LogP contribution >= 0.6 is 0 Å². The van der Waals surface area contributed by atoms with E-state index in [-0.39, 0.29) is 18.0 Å². The highest BCUT2D eigenvalue weighted by Crippen LogP contribution is 2.41. The Morgan fingerprint density at radius 1 is 1.00 bits per heavy atom. The van der Waals surface area contributed by atoms with Crippen molar-refractivity contribution in [2.75, 3.05) is 13.1 Å². The molecule has 0 aliphatic carbocycles. The van der Waals surface area contributed by atoms with E-state index in [4.69, 9.17) is 0 Å². The number of amides is 1. The Labute approximate surface area is 137 Å². The molecule has 0 aromatic heterocycles. The highest BCUT2D eigenvalue weighted by molar-refractivity contribution is 5.74. The van der Waals surface area contributed by atoms with Crippen molar-refractivity contribution in [2.24, 2.45) is 0 Å². The van der Waals surface area contributed by atoms with Crippen molar-refractivity contribution in [3.8, 4) is 0 Å². The number of benzene rings is 2. The smallest absolute Gasteiger partial charge is 0.220 e. The van der Waals surface area contributed by atoms with E-state index in [1.165, 1.54) is 22.3 Å². The van der Waals surface area contributed by atoms with Gasteiger partial charge < -0.3 is 10.2 Å². The highest BCUT2D eigenvalue weighted by Gasteiger charge is 2.37. The first-order chi connectivity index (χ1) is 11.3. The maximum atomic E-state index is 12.3. The minimum Gasteiger partial charge on any atom is -0.334 e. The van der Waals surface area contributed by atoms with Gasteiger partial charge in [0, 0.05) is 13.5 Å². The molecule has 3 heteroatoms. The number of nitrogens with one attached hydrogen (secondary N) is 1. The van der Waals surface area contributed by atoms with Crippen LogP contribution in [0.3, 0.4) is 0 Å². The molecule has 0 unspecified atom stereocenters. The van der Waals surface area contributed by atoms with E-state index in [9.17, 15) is 4.79 Å².